The van der Waals surface area contributed by atoms with E-state index in [-0.39, 0.29) is 12.4 Å². The molecule has 1 heterocycles. The van der Waals surface area contributed by atoms with Crippen molar-refractivity contribution in [2.75, 3.05) is 18.5 Å². The minimum Gasteiger partial charge on any atom is -0.494 e. The lowest BCUT2D eigenvalue weighted by Gasteiger charge is -2.06. The number of amides is 1. The van der Waals surface area contributed by atoms with E-state index in [2.05, 4.69) is 10.3 Å². The van der Waals surface area contributed by atoms with Crippen LogP contribution in [-0.4, -0.2) is 24.1 Å². The molecule has 140 valence electrons. The molecule has 0 bridgehead atoms. The van der Waals surface area contributed by atoms with Crippen molar-refractivity contribution in [2.45, 2.75) is 13.8 Å². The van der Waals surface area contributed by atoms with Gasteiger partial charge in [-0.25, -0.2) is 9.37 Å². The van der Waals surface area contributed by atoms with Gasteiger partial charge < -0.3 is 9.47 Å². The first kappa shape index (κ1) is 18.8. The second-order valence-corrected chi connectivity index (χ2v) is 6.85. The van der Waals surface area contributed by atoms with Gasteiger partial charge in [-0.15, -0.1) is 11.3 Å². The van der Waals surface area contributed by atoms with Crippen LogP contribution < -0.4 is 14.8 Å². The average molecular weight is 386 g/mol. The number of carbonyl (C=O) groups is 1. The van der Waals surface area contributed by atoms with E-state index in [1.54, 1.807) is 12.1 Å². The molecule has 0 aliphatic heterocycles. The molecule has 1 amide bonds. The fourth-order valence-corrected chi connectivity index (χ4v) is 3.31. The lowest BCUT2D eigenvalue weighted by molar-refractivity contribution is -0.118. The third-order valence-corrected chi connectivity index (χ3v) is 4.56. The minimum absolute atomic E-state index is 0.0399. The smallest absolute Gasteiger partial charge is 0.264 e. The Kier molecular flexibility index (Phi) is 6.03. The largest absolute Gasteiger partial charge is 0.494 e. The van der Waals surface area contributed by atoms with E-state index in [1.807, 2.05) is 38.1 Å². The molecule has 3 aromatic rings. The van der Waals surface area contributed by atoms with Gasteiger partial charge in [0.05, 0.1) is 12.3 Å². The number of aromatic nitrogens is 1. The second-order valence-electron chi connectivity index (χ2n) is 5.65. The van der Waals surface area contributed by atoms with E-state index in [1.165, 1.54) is 23.5 Å². The first-order valence-corrected chi connectivity index (χ1v) is 9.26. The summed E-state index contributed by atoms with van der Waals surface area (Å²) in [5.74, 6) is -0.0653. The zero-order valence-electron chi connectivity index (χ0n) is 15.0. The molecule has 0 spiro atoms. The number of rotatable bonds is 7. The summed E-state index contributed by atoms with van der Waals surface area (Å²) in [6.07, 6.45) is 0. The number of hydrogen-bond donors (Lipinski definition) is 1. The van der Waals surface area contributed by atoms with Gasteiger partial charge in [-0.05, 0) is 50.2 Å². The second kappa shape index (κ2) is 8.64. The normalized spacial score (nSPS) is 10.5. The van der Waals surface area contributed by atoms with Crippen LogP contribution in [0.1, 0.15) is 11.8 Å². The fraction of sp³-hybridized carbons (Fsp3) is 0.200. The number of carbonyl (C=O) groups excluding carboxylic acids is 1. The number of nitrogens with zero attached hydrogens (tertiary/aromatic N) is 1. The summed E-state index contributed by atoms with van der Waals surface area (Å²) in [6, 6.07) is 13.6. The van der Waals surface area contributed by atoms with E-state index >= 15 is 0 Å². The van der Waals surface area contributed by atoms with Crippen LogP contribution in [0.3, 0.4) is 0 Å². The van der Waals surface area contributed by atoms with Gasteiger partial charge in [-0.3, -0.25) is 10.1 Å². The standard InChI is InChI=1S/C20H19FN2O3S/c1-3-25-15-10-8-14(9-11-15)19-13(2)27-20(23-19)22-18(24)12-26-17-7-5-4-6-16(17)21/h4-11H,3,12H2,1-2H3,(H,22,23,24). The molecule has 0 aliphatic carbocycles. The van der Waals surface area contributed by atoms with Gasteiger partial charge in [-0.1, -0.05) is 12.1 Å². The quantitative estimate of drug-likeness (QED) is 0.641. The molecule has 5 nitrogen and oxygen atoms in total. The minimum atomic E-state index is -0.506. The number of halogens is 1. The van der Waals surface area contributed by atoms with Gasteiger partial charge >= 0.3 is 0 Å². The molecule has 27 heavy (non-hydrogen) atoms. The van der Waals surface area contributed by atoms with Gasteiger partial charge in [0, 0.05) is 10.4 Å². The van der Waals surface area contributed by atoms with E-state index < -0.39 is 11.7 Å². The molecule has 0 aliphatic rings. The number of para-hydroxylation sites is 1. The van der Waals surface area contributed by atoms with E-state index in [0.29, 0.717) is 11.7 Å². The molecule has 7 heteroatoms. The van der Waals surface area contributed by atoms with Crippen molar-refractivity contribution in [3.05, 3.63) is 59.2 Å². The summed E-state index contributed by atoms with van der Waals surface area (Å²) < 4.78 is 24.2. The third-order valence-electron chi connectivity index (χ3n) is 3.68. The Hall–Kier alpha value is -2.93. The highest BCUT2D eigenvalue weighted by Gasteiger charge is 2.13. The van der Waals surface area contributed by atoms with E-state index in [4.69, 9.17) is 9.47 Å². The van der Waals surface area contributed by atoms with Gasteiger partial charge in [-0.2, -0.15) is 0 Å². The molecule has 2 aromatic carbocycles. The average Bonchev–Trinajstić information content (AvgIpc) is 3.02. The molecule has 1 aromatic heterocycles. The SMILES string of the molecule is CCOc1ccc(-c2nc(NC(=O)COc3ccccc3F)sc2C)cc1. The predicted octanol–water partition coefficient (Wildman–Crippen LogP) is 4.67. The molecule has 0 fully saturated rings. The van der Waals surface area contributed by atoms with Crippen molar-refractivity contribution < 1.29 is 18.7 Å². The Labute approximate surface area is 160 Å². The lowest BCUT2D eigenvalue weighted by atomic mass is 10.1. The maximum absolute atomic E-state index is 13.5. The number of nitrogens with one attached hydrogen (secondary N) is 1. The summed E-state index contributed by atoms with van der Waals surface area (Å²) in [7, 11) is 0. The Morgan fingerprint density at radius 3 is 2.59 bits per heavy atom. The monoisotopic (exact) mass is 386 g/mol. The number of hydrogen-bond acceptors (Lipinski definition) is 5. The Morgan fingerprint density at radius 1 is 1.15 bits per heavy atom. The highest BCUT2D eigenvalue weighted by molar-refractivity contribution is 7.16. The van der Waals surface area contributed by atoms with Crippen LogP contribution >= 0.6 is 11.3 Å². The predicted molar refractivity (Wildman–Crippen MR) is 104 cm³/mol. The number of thiazole rings is 1. The molecular formula is C20H19FN2O3S. The zero-order valence-corrected chi connectivity index (χ0v) is 15.8. The molecule has 3 rings (SSSR count). The third kappa shape index (κ3) is 4.83. The van der Waals surface area contributed by atoms with Gasteiger partial charge in [0.2, 0.25) is 0 Å². The molecular weight excluding hydrogens is 367 g/mol. The Balaban J connectivity index is 1.63. The van der Waals surface area contributed by atoms with Crippen molar-refractivity contribution >= 4 is 22.4 Å². The number of aryl methyl sites for hydroxylation is 1. The van der Waals surface area contributed by atoms with Crippen molar-refractivity contribution in [2.24, 2.45) is 0 Å². The number of ether oxygens (including phenoxy) is 2. The Morgan fingerprint density at radius 2 is 1.89 bits per heavy atom. The highest BCUT2D eigenvalue weighted by Crippen LogP contribution is 2.31. The summed E-state index contributed by atoms with van der Waals surface area (Å²) in [4.78, 5) is 17.5. The fourth-order valence-electron chi connectivity index (χ4n) is 2.45. The maximum Gasteiger partial charge on any atom is 0.264 e. The van der Waals surface area contributed by atoms with Crippen molar-refractivity contribution in [3.8, 4) is 22.8 Å². The molecule has 0 saturated carbocycles. The Bertz CT molecular complexity index is 925. The summed E-state index contributed by atoms with van der Waals surface area (Å²) in [6.45, 7) is 4.19. The van der Waals surface area contributed by atoms with Crippen molar-refractivity contribution in [3.63, 3.8) is 0 Å². The summed E-state index contributed by atoms with van der Waals surface area (Å²) >= 11 is 1.37. The van der Waals surface area contributed by atoms with Crippen LogP contribution in [-0.2, 0) is 4.79 Å². The molecule has 0 atom stereocenters. The van der Waals surface area contributed by atoms with E-state index in [9.17, 15) is 9.18 Å². The first-order chi connectivity index (χ1) is 13.1. The van der Waals surface area contributed by atoms with Crippen molar-refractivity contribution in [1.82, 2.24) is 4.98 Å². The van der Waals surface area contributed by atoms with Crippen LogP contribution in [0.4, 0.5) is 9.52 Å². The van der Waals surface area contributed by atoms with Gasteiger partial charge in [0.1, 0.15) is 5.75 Å². The van der Waals surface area contributed by atoms with Crippen molar-refractivity contribution in [1.29, 1.82) is 0 Å². The molecule has 1 N–H and O–H groups in total. The van der Waals surface area contributed by atoms with Crippen LogP contribution in [0.5, 0.6) is 11.5 Å². The number of benzene rings is 2. The number of anilines is 1. The van der Waals surface area contributed by atoms with Crippen LogP contribution in [0.15, 0.2) is 48.5 Å². The topological polar surface area (TPSA) is 60.5 Å². The molecule has 0 saturated heterocycles. The van der Waals surface area contributed by atoms with Crippen LogP contribution in [0, 0.1) is 12.7 Å². The van der Waals surface area contributed by atoms with E-state index in [0.717, 1.165) is 21.9 Å². The van der Waals surface area contributed by atoms with Crippen LogP contribution in [0.25, 0.3) is 11.3 Å². The lowest BCUT2D eigenvalue weighted by Crippen LogP contribution is -2.20. The summed E-state index contributed by atoms with van der Waals surface area (Å²) in [5.41, 5.74) is 1.74. The molecule has 0 radical (unpaired) electrons. The maximum atomic E-state index is 13.5. The highest BCUT2D eigenvalue weighted by atomic mass is 32.1. The van der Waals surface area contributed by atoms with Gasteiger partial charge in [0.25, 0.3) is 5.91 Å². The zero-order chi connectivity index (χ0) is 19.2. The first-order valence-electron chi connectivity index (χ1n) is 8.44. The summed E-state index contributed by atoms with van der Waals surface area (Å²) in [5, 5.41) is 3.16. The molecule has 0 unspecified atom stereocenters. The van der Waals surface area contributed by atoms with Crippen LogP contribution in [0.2, 0.25) is 0 Å². The van der Waals surface area contributed by atoms with Gasteiger partial charge in [0.15, 0.2) is 23.3 Å².